The lowest BCUT2D eigenvalue weighted by atomic mass is 9.99. The summed E-state index contributed by atoms with van der Waals surface area (Å²) in [6.07, 6.45) is 6.38. The van der Waals surface area contributed by atoms with Crippen LogP contribution in [0.5, 0.6) is 0 Å². The molecule has 3 rings (SSSR count). The van der Waals surface area contributed by atoms with Crippen LogP contribution in [-0.4, -0.2) is 16.3 Å². The van der Waals surface area contributed by atoms with E-state index in [1.807, 2.05) is 24.1 Å². The minimum absolute atomic E-state index is 0.859. The maximum absolute atomic E-state index is 4.18. The molecule has 4 nitrogen and oxygen atoms in total. The van der Waals surface area contributed by atoms with Crippen LogP contribution in [0.2, 0.25) is 0 Å². The minimum Gasteiger partial charge on any atom is -0.385 e. The number of nitrogens with one attached hydrogen (secondary N) is 2. The minimum atomic E-state index is 0.859. The fourth-order valence-electron chi connectivity index (χ4n) is 2.63. The van der Waals surface area contributed by atoms with Crippen molar-refractivity contribution in [3.8, 4) is 0 Å². The molecule has 2 N–H and O–H groups in total. The van der Waals surface area contributed by atoms with Crippen LogP contribution in [0.1, 0.15) is 23.1 Å². The summed E-state index contributed by atoms with van der Waals surface area (Å²) < 4.78 is 1.84. The smallest absolute Gasteiger partial charge is 0.0534 e. The van der Waals surface area contributed by atoms with Crippen LogP contribution in [0.15, 0.2) is 30.6 Å². The molecular weight excluding hydrogens is 236 g/mol. The van der Waals surface area contributed by atoms with Gasteiger partial charge < -0.3 is 10.6 Å². The SMILES string of the molecule is Cn1cc(CNCc2cccc3c2NCCC3)cn1. The highest BCUT2D eigenvalue weighted by Crippen LogP contribution is 2.25. The number of anilines is 1. The van der Waals surface area contributed by atoms with Gasteiger partial charge in [0.2, 0.25) is 0 Å². The summed E-state index contributed by atoms with van der Waals surface area (Å²) >= 11 is 0. The summed E-state index contributed by atoms with van der Waals surface area (Å²) in [5, 5.41) is 11.2. The standard InChI is InChI=1S/C15H20N4/c1-19-11-12(9-18-19)8-16-10-14-5-2-4-13-6-3-7-17-15(13)14/h2,4-5,9,11,16-17H,3,6-8,10H2,1H3. The van der Waals surface area contributed by atoms with Crippen LogP contribution in [0.4, 0.5) is 5.69 Å². The van der Waals surface area contributed by atoms with Gasteiger partial charge in [-0.15, -0.1) is 0 Å². The molecule has 1 aliphatic rings. The van der Waals surface area contributed by atoms with E-state index in [-0.39, 0.29) is 0 Å². The van der Waals surface area contributed by atoms with Crippen molar-refractivity contribution in [1.82, 2.24) is 15.1 Å². The van der Waals surface area contributed by atoms with Gasteiger partial charge in [0, 0.05) is 44.1 Å². The van der Waals surface area contributed by atoms with E-state index in [1.54, 1.807) is 0 Å². The molecule has 1 aromatic carbocycles. The first-order valence-corrected chi connectivity index (χ1v) is 6.86. The number of rotatable bonds is 4. The lowest BCUT2D eigenvalue weighted by Gasteiger charge is -2.21. The number of aryl methyl sites for hydroxylation is 2. The van der Waals surface area contributed by atoms with Crippen LogP contribution in [0.25, 0.3) is 0 Å². The van der Waals surface area contributed by atoms with Gasteiger partial charge in [-0.05, 0) is 24.0 Å². The molecule has 0 bridgehead atoms. The Kier molecular flexibility index (Phi) is 3.51. The number of fused-ring (bicyclic) bond motifs is 1. The van der Waals surface area contributed by atoms with Crippen molar-refractivity contribution >= 4 is 5.69 Å². The predicted molar refractivity (Wildman–Crippen MR) is 77.0 cm³/mol. The maximum atomic E-state index is 4.18. The number of hydrogen-bond acceptors (Lipinski definition) is 3. The second-order valence-electron chi connectivity index (χ2n) is 5.11. The van der Waals surface area contributed by atoms with Crippen molar-refractivity contribution in [3.63, 3.8) is 0 Å². The molecule has 1 aliphatic heterocycles. The summed E-state index contributed by atoms with van der Waals surface area (Å²) in [7, 11) is 1.95. The summed E-state index contributed by atoms with van der Waals surface area (Å²) in [6, 6.07) is 6.59. The van der Waals surface area contributed by atoms with Crippen LogP contribution in [-0.2, 0) is 26.6 Å². The number of benzene rings is 1. The molecule has 4 heteroatoms. The highest BCUT2D eigenvalue weighted by Gasteiger charge is 2.11. The highest BCUT2D eigenvalue weighted by molar-refractivity contribution is 5.59. The Labute approximate surface area is 113 Å². The second-order valence-corrected chi connectivity index (χ2v) is 5.11. The lowest BCUT2D eigenvalue weighted by molar-refractivity contribution is 0.689. The molecule has 0 radical (unpaired) electrons. The Hall–Kier alpha value is -1.81. The number of para-hydroxylation sites is 1. The summed E-state index contributed by atoms with van der Waals surface area (Å²) in [5.74, 6) is 0. The van der Waals surface area contributed by atoms with Crippen LogP contribution in [0.3, 0.4) is 0 Å². The van der Waals surface area contributed by atoms with Crippen molar-refractivity contribution in [2.45, 2.75) is 25.9 Å². The van der Waals surface area contributed by atoms with Gasteiger partial charge >= 0.3 is 0 Å². The average Bonchev–Trinajstić information content (AvgIpc) is 2.85. The summed E-state index contributed by atoms with van der Waals surface area (Å²) in [6.45, 7) is 2.84. The number of nitrogens with zero attached hydrogens (tertiary/aromatic N) is 2. The van der Waals surface area contributed by atoms with Crippen molar-refractivity contribution in [2.75, 3.05) is 11.9 Å². The maximum Gasteiger partial charge on any atom is 0.0534 e. The molecule has 0 atom stereocenters. The van der Waals surface area contributed by atoms with Crippen molar-refractivity contribution in [3.05, 3.63) is 47.3 Å². The van der Waals surface area contributed by atoms with E-state index in [0.29, 0.717) is 0 Å². The first-order chi connectivity index (χ1) is 9.33. The molecule has 0 fully saturated rings. The molecule has 1 aromatic heterocycles. The van der Waals surface area contributed by atoms with Gasteiger partial charge in [0.25, 0.3) is 0 Å². The third-order valence-electron chi connectivity index (χ3n) is 3.56. The molecule has 2 aromatic rings. The molecular formula is C15H20N4. The normalized spacial score (nSPS) is 13.9. The largest absolute Gasteiger partial charge is 0.385 e. The Morgan fingerprint density at radius 2 is 2.32 bits per heavy atom. The van der Waals surface area contributed by atoms with Gasteiger partial charge in [0.1, 0.15) is 0 Å². The fraction of sp³-hybridized carbons (Fsp3) is 0.400. The third kappa shape index (κ3) is 2.79. The zero-order valence-corrected chi connectivity index (χ0v) is 11.3. The monoisotopic (exact) mass is 256 g/mol. The summed E-state index contributed by atoms with van der Waals surface area (Å²) in [4.78, 5) is 0. The summed E-state index contributed by atoms with van der Waals surface area (Å²) in [5.41, 5.74) is 5.38. The molecule has 100 valence electrons. The zero-order chi connectivity index (χ0) is 13.1. The molecule has 0 amide bonds. The van der Waals surface area contributed by atoms with Crippen molar-refractivity contribution in [1.29, 1.82) is 0 Å². The molecule has 0 spiro atoms. The molecule has 2 heterocycles. The van der Waals surface area contributed by atoms with E-state index in [9.17, 15) is 0 Å². The fourth-order valence-corrected chi connectivity index (χ4v) is 2.63. The van der Waals surface area contributed by atoms with E-state index < -0.39 is 0 Å². The van der Waals surface area contributed by atoms with Gasteiger partial charge in [0.15, 0.2) is 0 Å². The predicted octanol–water partition coefficient (Wildman–Crippen LogP) is 2.07. The van der Waals surface area contributed by atoms with Crippen molar-refractivity contribution < 1.29 is 0 Å². The Morgan fingerprint density at radius 3 is 3.16 bits per heavy atom. The van der Waals surface area contributed by atoms with E-state index in [4.69, 9.17) is 0 Å². The quantitative estimate of drug-likeness (QED) is 0.880. The van der Waals surface area contributed by atoms with Gasteiger partial charge in [-0.3, -0.25) is 4.68 Å². The van der Waals surface area contributed by atoms with Gasteiger partial charge in [0.05, 0.1) is 6.20 Å². The van der Waals surface area contributed by atoms with Gasteiger partial charge in [-0.25, -0.2) is 0 Å². The topological polar surface area (TPSA) is 41.9 Å². The van der Waals surface area contributed by atoms with Crippen LogP contribution >= 0.6 is 0 Å². The van der Waals surface area contributed by atoms with Gasteiger partial charge in [-0.2, -0.15) is 5.10 Å². The Balaban J connectivity index is 1.64. The van der Waals surface area contributed by atoms with E-state index in [0.717, 1.165) is 19.6 Å². The van der Waals surface area contributed by atoms with Gasteiger partial charge in [-0.1, -0.05) is 18.2 Å². The Bertz CT molecular complexity index is 559. The van der Waals surface area contributed by atoms with E-state index in [1.165, 1.54) is 35.2 Å². The Morgan fingerprint density at radius 1 is 1.37 bits per heavy atom. The zero-order valence-electron chi connectivity index (χ0n) is 11.3. The average molecular weight is 256 g/mol. The number of aromatic nitrogens is 2. The molecule has 0 unspecified atom stereocenters. The number of hydrogen-bond donors (Lipinski definition) is 2. The first-order valence-electron chi connectivity index (χ1n) is 6.86. The molecule has 0 aliphatic carbocycles. The van der Waals surface area contributed by atoms with Crippen molar-refractivity contribution in [2.24, 2.45) is 7.05 Å². The van der Waals surface area contributed by atoms with E-state index >= 15 is 0 Å². The molecule has 0 saturated carbocycles. The first kappa shape index (κ1) is 12.2. The second kappa shape index (κ2) is 5.45. The molecule has 19 heavy (non-hydrogen) atoms. The lowest BCUT2D eigenvalue weighted by Crippen LogP contribution is -2.18. The molecule has 0 saturated heterocycles. The third-order valence-corrected chi connectivity index (χ3v) is 3.56. The van der Waals surface area contributed by atoms with E-state index in [2.05, 4.69) is 33.9 Å². The van der Waals surface area contributed by atoms with Crippen LogP contribution in [0, 0.1) is 0 Å². The highest BCUT2D eigenvalue weighted by atomic mass is 15.2. The van der Waals surface area contributed by atoms with Crippen LogP contribution < -0.4 is 10.6 Å².